The van der Waals surface area contributed by atoms with Crippen LogP contribution in [0, 0.1) is 6.92 Å². The summed E-state index contributed by atoms with van der Waals surface area (Å²) in [4.78, 5) is 11.9. The molecular weight excluding hydrogens is 264 g/mol. The third-order valence-corrected chi connectivity index (χ3v) is 2.96. The van der Waals surface area contributed by atoms with E-state index < -0.39 is 0 Å². The number of thioether (sulfide) groups is 1. The summed E-state index contributed by atoms with van der Waals surface area (Å²) in [6, 6.07) is 6.59. The first kappa shape index (κ1) is 13.3. The second-order valence-electron chi connectivity index (χ2n) is 3.73. The van der Waals surface area contributed by atoms with Crippen molar-refractivity contribution in [2.45, 2.75) is 12.1 Å². The Labute approximate surface area is 113 Å². The third-order valence-electron chi connectivity index (χ3n) is 2.34. The number of hydrogen-bond acceptors (Lipinski definition) is 6. The average molecular weight is 276 g/mol. The maximum absolute atomic E-state index is 11.9. The molecule has 2 rings (SSSR count). The molecule has 1 heterocycles. The number of aryl methyl sites for hydroxylation is 1. The van der Waals surface area contributed by atoms with Gasteiger partial charge in [-0.15, -0.1) is 10.2 Å². The van der Waals surface area contributed by atoms with Gasteiger partial charge < -0.3 is 5.11 Å². The van der Waals surface area contributed by atoms with E-state index in [1.807, 2.05) is 0 Å². The molecule has 0 aliphatic heterocycles. The SMILES string of the molecule is CSc1nnc(C)c(=O)n1/N=C\c1cccc(O)c1. The highest BCUT2D eigenvalue weighted by Crippen LogP contribution is 2.10. The molecule has 0 spiro atoms. The number of aromatic hydroxyl groups is 1. The van der Waals surface area contributed by atoms with E-state index in [1.165, 1.54) is 22.7 Å². The number of rotatable bonds is 3. The molecule has 0 aliphatic rings. The van der Waals surface area contributed by atoms with Crippen LogP contribution in [0.25, 0.3) is 0 Å². The van der Waals surface area contributed by atoms with E-state index >= 15 is 0 Å². The molecule has 1 aromatic carbocycles. The number of hydrogen-bond donors (Lipinski definition) is 1. The van der Waals surface area contributed by atoms with Crippen molar-refractivity contribution in [1.29, 1.82) is 0 Å². The van der Waals surface area contributed by atoms with Gasteiger partial charge in [-0.3, -0.25) is 4.79 Å². The van der Waals surface area contributed by atoms with Crippen LogP contribution in [0.15, 0.2) is 39.3 Å². The van der Waals surface area contributed by atoms with E-state index in [0.29, 0.717) is 10.7 Å². The highest BCUT2D eigenvalue weighted by molar-refractivity contribution is 7.98. The Hall–Kier alpha value is -2.15. The lowest BCUT2D eigenvalue weighted by Gasteiger charge is -2.03. The van der Waals surface area contributed by atoms with Gasteiger partial charge in [0.25, 0.3) is 5.56 Å². The van der Waals surface area contributed by atoms with Gasteiger partial charge in [-0.1, -0.05) is 23.9 Å². The summed E-state index contributed by atoms with van der Waals surface area (Å²) < 4.78 is 1.19. The number of nitrogens with zero attached hydrogens (tertiary/aromatic N) is 4. The maximum atomic E-state index is 11.9. The van der Waals surface area contributed by atoms with E-state index in [-0.39, 0.29) is 17.0 Å². The highest BCUT2D eigenvalue weighted by atomic mass is 32.2. The quantitative estimate of drug-likeness (QED) is 0.674. The summed E-state index contributed by atoms with van der Waals surface area (Å²) in [6.45, 7) is 1.58. The molecular formula is C12H12N4O2S. The van der Waals surface area contributed by atoms with Crippen LogP contribution in [0.5, 0.6) is 5.75 Å². The van der Waals surface area contributed by atoms with Crippen molar-refractivity contribution in [3.05, 3.63) is 45.9 Å². The Morgan fingerprint density at radius 1 is 1.42 bits per heavy atom. The first-order valence-electron chi connectivity index (χ1n) is 5.45. The van der Waals surface area contributed by atoms with Crippen molar-refractivity contribution >= 4 is 18.0 Å². The predicted octanol–water partition coefficient (Wildman–Crippen LogP) is 1.26. The zero-order chi connectivity index (χ0) is 13.8. The average Bonchev–Trinajstić information content (AvgIpc) is 2.40. The Morgan fingerprint density at radius 3 is 2.89 bits per heavy atom. The second-order valence-corrected chi connectivity index (χ2v) is 4.50. The van der Waals surface area contributed by atoms with Crippen LogP contribution >= 0.6 is 11.8 Å². The Bertz CT molecular complexity index is 682. The minimum Gasteiger partial charge on any atom is -0.508 e. The largest absolute Gasteiger partial charge is 0.508 e. The van der Waals surface area contributed by atoms with Crippen LogP contribution in [0.2, 0.25) is 0 Å². The molecule has 6 nitrogen and oxygen atoms in total. The zero-order valence-corrected chi connectivity index (χ0v) is 11.3. The van der Waals surface area contributed by atoms with E-state index in [1.54, 1.807) is 37.4 Å². The number of benzene rings is 1. The van der Waals surface area contributed by atoms with E-state index in [2.05, 4.69) is 15.3 Å². The summed E-state index contributed by atoms with van der Waals surface area (Å²) in [5.41, 5.74) is 0.662. The first-order valence-corrected chi connectivity index (χ1v) is 6.68. The molecule has 7 heteroatoms. The van der Waals surface area contributed by atoms with Crippen molar-refractivity contribution in [2.24, 2.45) is 5.10 Å². The standard InChI is InChI=1S/C12H12N4O2S/c1-8-11(18)16(12(19-2)15-14-8)13-7-9-4-3-5-10(17)6-9/h3-7,17H,1-2H3/b13-7-. The molecule has 0 atom stereocenters. The summed E-state index contributed by atoms with van der Waals surface area (Å²) in [6.07, 6.45) is 3.28. The zero-order valence-electron chi connectivity index (χ0n) is 10.4. The topological polar surface area (TPSA) is 80.4 Å². The fourth-order valence-corrected chi connectivity index (χ4v) is 1.83. The minimum atomic E-state index is -0.309. The van der Waals surface area contributed by atoms with Crippen LogP contribution in [-0.4, -0.2) is 32.5 Å². The van der Waals surface area contributed by atoms with Gasteiger partial charge in [-0.05, 0) is 30.9 Å². The molecule has 1 aromatic heterocycles. The van der Waals surface area contributed by atoms with E-state index in [0.717, 1.165) is 0 Å². The molecule has 98 valence electrons. The lowest BCUT2D eigenvalue weighted by atomic mass is 10.2. The second kappa shape index (κ2) is 5.66. The summed E-state index contributed by atoms with van der Waals surface area (Å²) in [7, 11) is 0. The van der Waals surface area contributed by atoms with Crippen LogP contribution in [0.3, 0.4) is 0 Å². The van der Waals surface area contributed by atoms with Gasteiger partial charge in [-0.2, -0.15) is 9.78 Å². The smallest absolute Gasteiger partial charge is 0.296 e. The van der Waals surface area contributed by atoms with Crippen LogP contribution < -0.4 is 5.56 Å². The molecule has 0 unspecified atom stereocenters. The Morgan fingerprint density at radius 2 is 2.21 bits per heavy atom. The molecule has 0 aliphatic carbocycles. The molecule has 0 saturated carbocycles. The van der Waals surface area contributed by atoms with Crippen molar-refractivity contribution in [2.75, 3.05) is 6.26 Å². The molecule has 0 radical (unpaired) electrons. The lowest BCUT2D eigenvalue weighted by molar-refractivity contribution is 0.475. The maximum Gasteiger partial charge on any atom is 0.296 e. The molecule has 2 aromatic rings. The lowest BCUT2D eigenvalue weighted by Crippen LogP contribution is -2.23. The summed E-state index contributed by atoms with van der Waals surface area (Å²) in [5, 5.41) is 21.5. The van der Waals surface area contributed by atoms with Crippen molar-refractivity contribution < 1.29 is 5.11 Å². The van der Waals surface area contributed by atoms with Gasteiger partial charge >= 0.3 is 0 Å². The van der Waals surface area contributed by atoms with Crippen LogP contribution in [0.4, 0.5) is 0 Å². The number of phenolic OH excluding ortho intramolecular Hbond substituents is 1. The fourth-order valence-electron chi connectivity index (χ4n) is 1.40. The number of phenols is 1. The molecule has 19 heavy (non-hydrogen) atoms. The van der Waals surface area contributed by atoms with Crippen LogP contribution in [0.1, 0.15) is 11.3 Å². The van der Waals surface area contributed by atoms with Crippen molar-refractivity contribution in [3.8, 4) is 5.75 Å². The molecule has 0 saturated heterocycles. The monoisotopic (exact) mass is 276 g/mol. The first-order chi connectivity index (χ1) is 9.11. The van der Waals surface area contributed by atoms with Crippen molar-refractivity contribution in [1.82, 2.24) is 14.9 Å². The predicted molar refractivity (Wildman–Crippen MR) is 73.9 cm³/mol. The molecule has 0 fully saturated rings. The van der Waals surface area contributed by atoms with Gasteiger partial charge in [0.1, 0.15) is 11.4 Å². The Balaban J connectivity index is 2.43. The van der Waals surface area contributed by atoms with Gasteiger partial charge in [0, 0.05) is 0 Å². The van der Waals surface area contributed by atoms with Gasteiger partial charge in [0.2, 0.25) is 5.16 Å². The van der Waals surface area contributed by atoms with Crippen molar-refractivity contribution in [3.63, 3.8) is 0 Å². The third kappa shape index (κ3) is 3.00. The Kier molecular flexibility index (Phi) is 3.96. The molecule has 1 N–H and O–H groups in total. The van der Waals surface area contributed by atoms with E-state index in [9.17, 15) is 9.90 Å². The normalized spacial score (nSPS) is 11.1. The molecule has 0 bridgehead atoms. The van der Waals surface area contributed by atoms with Gasteiger partial charge in [0.05, 0.1) is 6.21 Å². The van der Waals surface area contributed by atoms with Crippen LogP contribution in [-0.2, 0) is 0 Å². The number of aromatic nitrogens is 3. The summed E-state index contributed by atoms with van der Waals surface area (Å²) >= 11 is 1.28. The van der Waals surface area contributed by atoms with Gasteiger partial charge in [-0.25, -0.2) is 0 Å². The fraction of sp³-hybridized carbons (Fsp3) is 0.167. The highest BCUT2D eigenvalue weighted by Gasteiger charge is 2.06. The molecule has 0 amide bonds. The summed E-state index contributed by atoms with van der Waals surface area (Å²) in [5.74, 6) is 0.144. The van der Waals surface area contributed by atoms with E-state index in [4.69, 9.17) is 0 Å². The van der Waals surface area contributed by atoms with Gasteiger partial charge in [0.15, 0.2) is 0 Å². The minimum absolute atomic E-state index is 0.144.